The fourth-order valence-corrected chi connectivity index (χ4v) is 2.36. The van der Waals surface area contributed by atoms with Gasteiger partial charge < -0.3 is 5.32 Å². The van der Waals surface area contributed by atoms with Crippen molar-refractivity contribution >= 4 is 11.3 Å². The van der Waals surface area contributed by atoms with Crippen LogP contribution in [0.3, 0.4) is 0 Å². The fraction of sp³-hybridized carbons (Fsp3) is 0.308. The van der Waals surface area contributed by atoms with Gasteiger partial charge in [0.1, 0.15) is 0 Å². The lowest BCUT2D eigenvalue weighted by atomic mass is 10.1. The third-order valence-corrected chi connectivity index (χ3v) is 3.64. The number of aryl methyl sites for hydroxylation is 2. The summed E-state index contributed by atoms with van der Waals surface area (Å²) in [6.07, 6.45) is 0. The Bertz CT molecular complexity index is 462. The van der Waals surface area contributed by atoms with Crippen molar-refractivity contribution in [3.8, 4) is 0 Å². The maximum absolute atomic E-state index is 4.24. The monoisotopic (exact) mass is 232 g/mol. The van der Waals surface area contributed by atoms with E-state index in [1.54, 1.807) is 11.3 Å². The minimum Gasteiger partial charge on any atom is -0.308 e. The van der Waals surface area contributed by atoms with Gasteiger partial charge in [0, 0.05) is 18.0 Å². The zero-order valence-corrected chi connectivity index (χ0v) is 10.5. The topological polar surface area (TPSA) is 24.9 Å². The lowest BCUT2D eigenvalue weighted by molar-refractivity contribution is 0.694. The van der Waals surface area contributed by atoms with E-state index in [0.717, 1.165) is 18.8 Å². The standard InChI is InChI=1S/C13H16N2S/c1-10-5-3-4-6-12(10)7-14-8-13-11(2)15-9-16-13/h3-6,9,14H,7-8H2,1-2H3. The van der Waals surface area contributed by atoms with Crippen molar-refractivity contribution in [1.29, 1.82) is 0 Å². The highest BCUT2D eigenvalue weighted by Gasteiger charge is 2.01. The normalized spacial score (nSPS) is 10.6. The van der Waals surface area contributed by atoms with E-state index in [0.29, 0.717) is 0 Å². The number of thiazole rings is 1. The third kappa shape index (κ3) is 2.68. The molecule has 0 spiro atoms. The second kappa shape index (κ2) is 5.23. The molecule has 0 aliphatic heterocycles. The maximum Gasteiger partial charge on any atom is 0.0798 e. The van der Waals surface area contributed by atoms with Crippen LogP contribution < -0.4 is 5.32 Å². The average molecular weight is 232 g/mol. The molecule has 84 valence electrons. The highest BCUT2D eigenvalue weighted by Crippen LogP contribution is 2.12. The quantitative estimate of drug-likeness (QED) is 0.876. The molecule has 1 aromatic carbocycles. The van der Waals surface area contributed by atoms with E-state index >= 15 is 0 Å². The van der Waals surface area contributed by atoms with Crippen LogP contribution in [-0.4, -0.2) is 4.98 Å². The molecule has 2 nitrogen and oxygen atoms in total. The first-order valence-electron chi connectivity index (χ1n) is 5.41. The van der Waals surface area contributed by atoms with Gasteiger partial charge in [-0.05, 0) is 25.0 Å². The molecule has 0 fully saturated rings. The van der Waals surface area contributed by atoms with E-state index < -0.39 is 0 Å². The van der Waals surface area contributed by atoms with Crippen LogP contribution in [-0.2, 0) is 13.1 Å². The van der Waals surface area contributed by atoms with Crippen LogP contribution in [0, 0.1) is 13.8 Å². The van der Waals surface area contributed by atoms with Crippen LogP contribution in [0.1, 0.15) is 21.7 Å². The Kier molecular flexibility index (Phi) is 3.70. The van der Waals surface area contributed by atoms with Crippen LogP contribution in [0.15, 0.2) is 29.8 Å². The third-order valence-electron chi connectivity index (χ3n) is 2.71. The fourth-order valence-electron chi connectivity index (χ4n) is 1.62. The first-order valence-corrected chi connectivity index (χ1v) is 6.29. The van der Waals surface area contributed by atoms with E-state index in [1.807, 2.05) is 5.51 Å². The number of benzene rings is 1. The number of hydrogen-bond donors (Lipinski definition) is 1. The molecule has 0 bridgehead atoms. The largest absolute Gasteiger partial charge is 0.308 e. The summed E-state index contributed by atoms with van der Waals surface area (Å²) in [4.78, 5) is 5.57. The summed E-state index contributed by atoms with van der Waals surface area (Å²) in [5.41, 5.74) is 5.75. The van der Waals surface area contributed by atoms with Crippen LogP contribution in [0.2, 0.25) is 0 Å². The van der Waals surface area contributed by atoms with Gasteiger partial charge in [0.05, 0.1) is 11.2 Å². The Morgan fingerprint density at radius 2 is 2.00 bits per heavy atom. The van der Waals surface area contributed by atoms with Gasteiger partial charge in [-0.15, -0.1) is 11.3 Å². The second-order valence-electron chi connectivity index (χ2n) is 3.89. The van der Waals surface area contributed by atoms with E-state index in [-0.39, 0.29) is 0 Å². The first kappa shape index (κ1) is 11.3. The molecule has 1 aromatic heterocycles. The van der Waals surface area contributed by atoms with Crippen LogP contribution >= 0.6 is 11.3 Å². The Morgan fingerprint density at radius 3 is 2.69 bits per heavy atom. The van der Waals surface area contributed by atoms with Crippen molar-refractivity contribution in [2.24, 2.45) is 0 Å². The summed E-state index contributed by atoms with van der Waals surface area (Å²) in [5, 5.41) is 3.46. The van der Waals surface area contributed by atoms with Gasteiger partial charge in [-0.25, -0.2) is 4.98 Å². The Balaban J connectivity index is 1.89. The lowest BCUT2D eigenvalue weighted by Gasteiger charge is -2.06. The number of aromatic nitrogens is 1. The lowest BCUT2D eigenvalue weighted by Crippen LogP contribution is -2.13. The number of nitrogens with zero attached hydrogens (tertiary/aromatic N) is 1. The van der Waals surface area contributed by atoms with E-state index in [4.69, 9.17) is 0 Å². The van der Waals surface area contributed by atoms with Crippen LogP contribution in [0.4, 0.5) is 0 Å². The molecule has 2 aromatic rings. The molecule has 0 radical (unpaired) electrons. The Hall–Kier alpha value is -1.19. The molecule has 3 heteroatoms. The van der Waals surface area contributed by atoms with E-state index in [1.165, 1.54) is 16.0 Å². The molecule has 0 saturated carbocycles. The molecule has 16 heavy (non-hydrogen) atoms. The molecule has 0 aliphatic carbocycles. The molecular weight excluding hydrogens is 216 g/mol. The molecule has 0 amide bonds. The van der Waals surface area contributed by atoms with Gasteiger partial charge in [-0.2, -0.15) is 0 Å². The van der Waals surface area contributed by atoms with Gasteiger partial charge in [0.25, 0.3) is 0 Å². The van der Waals surface area contributed by atoms with E-state index in [2.05, 4.69) is 48.4 Å². The molecule has 1 N–H and O–H groups in total. The summed E-state index contributed by atoms with van der Waals surface area (Å²) in [5.74, 6) is 0. The molecule has 0 atom stereocenters. The highest BCUT2D eigenvalue weighted by atomic mass is 32.1. The SMILES string of the molecule is Cc1ccccc1CNCc1scnc1C. The first-order chi connectivity index (χ1) is 7.77. The summed E-state index contributed by atoms with van der Waals surface area (Å²) >= 11 is 1.72. The van der Waals surface area contributed by atoms with Crippen molar-refractivity contribution in [3.63, 3.8) is 0 Å². The molecule has 0 saturated heterocycles. The van der Waals surface area contributed by atoms with Crippen molar-refractivity contribution in [1.82, 2.24) is 10.3 Å². The molecular formula is C13H16N2S. The van der Waals surface area contributed by atoms with Gasteiger partial charge in [-0.3, -0.25) is 0 Å². The van der Waals surface area contributed by atoms with Crippen LogP contribution in [0.25, 0.3) is 0 Å². The van der Waals surface area contributed by atoms with Crippen molar-refractivity contribution in [2.75, 3.05) is 0 Å². The predicted molar refractivity (Wildman–Crippen MR) is 68.6 cm³/mol. The number of hydrogen-bond acceptors (Lipinski definition) is 3. The molecule has 0 aliphatic rings. The highest BCUT2D eigenvalue weighted by molar-refractivity contribution is 7.09. The minimum atomic E-state index is 0.908. The molecule has 2 rings (SSSR count). The zero-order valence-electron chi connectivity index (χ0n) is 9.66. The predicted octanol–water partition coefficient (Wildman–Crippen LogP) is 3.05. The average Bonchev–Trinajstić information content (AvgIpc) is 2.67. The van der Waals surface area contributed by atoms with Crippen molar-refractivity contribution in [3.05, 3.63) is 51.5 Å². The van der Waals surface area contributed by atoms with Crippen molar-refractivity contribution in [2.45, 2.75) is 26.9 Å². The Morgan fingerprint density at radius 1 is 1.19 bits per heavy atom. The smallest absolute Gasteiger partial charge is 0.0798 e. The maximum atomic E-state index is 4.24. The summed E-state index contributed by atoms with van der Waals surface area (Å²) in [7, 11) is 0. The summed E-state index contributed by atoms with van der Waals surface area (Å²) in [6, 6.07) is 8.48. The van der Waals surface area contributed by atoms with Gasteiger partial charge >= 0.3 is 0 Å². The van der Waals surface area contributed by atoms with Gasteiger partial charge in [0.2, 0.25) is 0 Å². The molecule has 0 unspecified atom stereocenters. The number of nitrogens with one attached hydrogen (secondary N) is 1. The minimum absolute atomic E-state index is 0.908. The van der Waals surface area contributed by atoms with E-state index in [9.17, 15) is 0 Å². The van der Waals surface area contributed by atoms with Crippen LogP contribution in [0.5, 0.6) is 0 Å². The van der Waals surface area contributed by atoms with Crippen molar-refractivity contribution < 1.29 is 0 Å². The summed E-state index contributed by atoms with van der Waals surface area (Å²) in [6.45, 7) is 6.03. The second-order valence-corrected chi connectivity index (χ2v) is 4.83. The molecule has 1 heterocycles. The number of rotatable bonds is 4. The zero-order chi connectivity index (χ0) is 11.4. The van der Waals surface area contributed by atoms with Gasteiger partial charge in [0.15, 0.2) is 0 Å². The summed E-state index contributed by atoms with van der Waals surface area (Å²) < 4.78 is 0. The Labute approximate surface area is 100 Å². The van der Waals surface area contributed by atoms with Gasteiger partial charge in [-0.1, -0.05) is 24.3 Å².